The van der Waals surface area contributed by atoms with Crippen molar-refractivity contribution in [2.24, 2.45) is 0 Å². The standard InChI is InChI=1S/C14H19N5O/c1-2-8-19-11(6-7-16-19)14(20)17-13-10-15-12-5-3-4-9-18(12)13/h6-7,10H,2-5,8-9H2,1H3,(H,17,20). The molecule has 0 aromatic carbocycles. The van der Waals surface area contributed by atoms with Crippen molar-refractivity contribution < 1.29 is 4.79 Å². The first-order valence-electron chi connectivity index (χ1n) is 7.17. The summed E-state index contributed by atoms with van der Waals surface area (Å²) in [6.45, 7) is 3.75. The maximum atomic E-state index is 12.3. The van der Waals surface area contributed by atoms with Gasteiger partial charge in [0.1, 0.15) is 17.3 Å². The Kier molecular flexibility index (Phi) is 3.54. The monoisotopic (exact) mass is 273 g/mol. The van der Waals surface area contributed by atoms with E-state index in [1.807, 2.05) is 0 Å². The van der Waals surface area contributed by atoms with Gasteiger partial charge in [0.05, 0.1) is 6.20 Å². The smallest absolute Gasteiger partial charge is 0.275 e. The first-order valence-corrected chi connectivity index (χ1v) is 7.17. The molecule has 1 N–H and O–H groups in total. The Morgan fingerprint density at radius 3 is 3.20 bits per heavy atom. The molecule has 3 rings (SSSR count). The Hall–Kier alpha value is -2.11. The molecule has 0 spiro atoms. The van der Waals surface area contributed by atoms with Crippen molar-refractivity contribution in [1.29, 1.82) is 0 Å². The summed E-state index contributed by atoms with van der Waals surface area (Å²) in [6, 6.07) is 1.75. The molecule has 6 nitrogen and oxygen atoms in total. The molecular formula is C14H19N5O. The molecule has 1 aliphatic rings. The van der Waals surface area contributed by atoms with Crippen molar-refractivity contribution in [3.05, 3.63) is 30.0 Å². The minimum Gasteiger partial charge on any atom is -0.315 e. The Bertz CT molecular complexity index is 613. The van der Waals surface area contributed by atoms with Gasteiger partial charge in [-0.3, -0.25) is 9.48 Å². The van der Waals surface area contributed by atoms with E-state index in [-0.39, 0.29) is 5.91 Å². The fraction of sp³-hybridized carbons (Fsp3) is 0.500. The van der Waals surface area contributed by atoms with Gasteiger partial charge in [-0.15, -0.1) is 0 Å². The van der Waals surface area contributed by atoms with Crippen LogP contribution in [0.5, 0.6) is 0 Å². The van der Waals surface area contributed by atoms with Crippen molar-refractivity contribution >= 4 is 11.7 Å². The quantitative estimate of drug-likeness (QED) is 0.927. The molecule has 3 heterocycles. The zero-order valence-corrected chi connectivity index (χ0v) is 11.7. The van der Waals surface area contributed by atoms with Crippen LogP contribution >= 0.6 is 0 Å². The molecule has 0 saturated carbocycles. The second kappa shape index (κ2) is 5.48. The first-order chi connectivity index (χ1) is 9.79. The summed E-state index contributed by atoms with van der Waals surface area (Å²) in [6.07, 6.45) is 7.66. The number of imidazole rings is 1. The van der Waals surface area contributed by atoms with Gasteiger partial charge in [-0.2, -0.15) is 5.10 Å². The van der Waals surface area contributed by atoms with Crippen LogP contribution in [0.25, 0.3) is 0 Å². The second-order valence-corrected chi connectivity index (χ2v) is 5.06. The lowest BCUT2D eigenvalue weighted by Crippen LogP contribution is -2.21. The van der Waals surface area contributed by atoms with Gasteiger partial charge in [0, 0.05) is 25.7 Å². The number of rotatable bonds is 4. The zero-order chi connectivity index (χ0) is 13.9. The maximum Gasteiger partial charge on any atom is 0.275 e. The number of carbonyl (C=O) groups excluding carboxylic acids is 1. The normalized spacial score (nSPS) is 14.1. The van der Waals surface area contributed by atoms with Gasteiger partial charge in [-0.1, -0.05) is 6.92 Å². The Morgan fingerprint density at radius 2 is 2.35 bits per heavy atom. The molecule has 0 saturated heterocycles. The predicted octanol–water partition coefficient (Wildman–Crippen LogP) is 2.08. The molecule has 6 heteroatoms. The fourth-order valence-electron chi connectivity index (χ4n) is 2.61. The second-order valence-electron chi connectivity index (χ2n) is 5.06. The summed E-state index contributed by atoms with van der Waals surface area (Å²) in [5.41, 5.74) is 0.596. The van der Waals surface area contributed by atoms with Crippen LogP contribution in [-0.4, -0.2) is 25.2 Å². The predicted molar refractivity (Wildman–Crippen MR) is 75.6 cm³/mol. The third-order valence-corrected chi connectivity index (χ3v) is 3.60. The number of nitrogens with zero attached hydrogens (tertiary/aromatic N) is 4. The van der Waals surface area contributed by atoms with Gasteiger partial charge in [0.25, 0.3) is 5.91 Å². The SMILES string of the molecule is CCCn1nccc1C(=O)Nc1cnc2n1CCCC2. The fourth-order valence-corrected chi connectivity index (χ4v) is 2.61. The summed E-state index contributed by atoms with van der Waals surface area (Å²) in [4.78, 5) is 16.7. The van der Waals surface area contributed by atoms with E-state index in [0.717, 1.165) is 44.0 Å². The molecule has 0 unspecified atom stereocenters. The molecule has 2 aromatic rings. The molecule has 0 atom stereocenters. The topological polar surface area (TPSA) is 64.7 Å². The van der Waals surface area contributed by atoms with Crippen LogP contribution in [0.2, 0.25) is 0 Å². The van der Waals surface area contributed by atoms with Crippen LogP contribution in [0.4, 0.5) is 5.82 Å². The Morgan fingerprint density at radius 1 is 1.45 bits per heavy atom. The number of anilines is 1. The minimum atomic E-state index is -0.121. The molecule has 20 heavy (non-hydrogen) atoms. The van der Waals surface area contributed by atoms with Crippen LogP contribution in [0.1, 0.15) is 42.5 Å². The van der Waals surface area contributed by atoms with Crippen LogP contribution in [0.15, 0.2) is 18.5 Å². The molecule has 0 bridgehead atoms. The van der Waals surface area contributed by atoms with Gasteiger partial charge >= 0.3 is 0 Å². The number of hydrogen-bond donors (Lipinski definition) is 1. The third-order valence-electron chi connectivity index (χ3n) is 3.60. The van der Waals surface area contributed by atoms with Gasteiger partial charge in [-0.25, -0.2) is 4.98 Å². The van der Waals surface area contributed by atoms with Gasteiger partial charge in [-0.05, 0) is 25.3 Å². The largest absolute Gasteiger partial charge is 0.315 e. The van der Waals surface area contributed by atoms with Gasteiger partial charge < -0.3 is 9.88 Å². The van der Waals surface area contributed by atoms with E-state index in [0.29, 0.717) is 5.69 Å². The zero-order valence-electron chi connectivity index (χ0n) is 11.7. The average Bonchev–Trinajstić information content (AvgIpc) is 3.07. The number of fused-ring (bicyclic) bond motifs is 1. The number of aromatic nitrogens is 4. The molecule has 106 valence electrons. The van der Waals surface area contributed by atoms with Crippen LogP contribution < -0.4 is 5.32 Å². The van der Waals surface area contributed by atoms with Crippen molar-refractivity contribution in [3.8, 4) is 0 Å². The lowest BCUT2D eigenvalue weighted by atomic mass is 10.2. The van der Waals surface area contributed by atoms with E-state index >= 15 is 0 Å². The van der Waals surface area contributed by atoms with Crippen molar-refractivity contribution in [2.45, 2.75) is 45.7 Å². The first kappa shape index (κ1) is 12.9. The minimum absolute atomic E-state index is 0.121. The highest BCUT2D eigenvalue weighted by Gasteiger charge is 2.18. The molecular weight excluding hydrogens is 254 g/mol. The third kappa shape index (κ3) is 2.33. The van der Waals surface area contributed by atoms with Crippen LogP contribution in [0, 0.1) is 0 Å². The number of nitrogens with one attached hydrogen (secondary N) is 1. The number of aryl methyl sites for hydroxylation is 2. The maximum absolute atomic E-state index is 12.3. The van der Waals surface area contributed by atoms with Crippen molar-refractivity contribution in [1.82, 2.24) is 19.3 Å². The molecule has 0 radical (unpaired) electrons. The highest BCUT2D eigenvalue weighted by Crippen LogP contribution is 2.20. The summed E-state index contributed by atoms with van der Waals surface area (Å²) in [5.74, 6) is 1.73. The Balaban J connectivity index is 1.79. The van der Waals surface area contributed by atoms with Gasteiger partial charge in [0.2, 0.25) is 0 Å². The van der Waals surface area contributed by atoms with E-state index < -0.39 is 0 Å². The highest BCUT2D eigenvalue weighted by molar-refractivity contribution is 6.02. The van der Waals surface area contributed by atoms with E-state index in [2.05, 4.69) is 26.9 Å². The van der Waals surface area contributed by atoms with E-state index in [1.54, 1.807) is 23.1 Å². The molecule has 1 amide bonds. The number of hydrogen-bond acceptors (Lipinski definition) is 3. The van der Waals surface area contributed by atoms with E-state index in [1.165, 1.54) is 6.42 Å². The van der Waals surface area contributed by atoms with Crippen LogP contribution in [-0.2, 0) is 19.5 Å². The molecule has 2 aromatic heterocycles. The summed E-state index contributed by atoms with van der Waals surface area (Å²) < 4.78 is 3.84. The lowest BCUT2D eigenvalue weighted by molar-refractivity contribution is 0.101. The summed E-state index contributed by atoms with van der Waals surface area (Å²) >= 11 is 0. The molecule has 1 aliphatic heterocycles. The van der Waals surface area contributed by atoms with E-state index in [4.69, 9.17) is 0 Å². The summed E-state index contributed by atoms with van der Waals surface area (Å²) in [7, 11) is 0. The average molecular weight is 273 g/mol. The molecule has 0 fully saturated rings. The van der Waals surface area contributed by atoms with Crippen LogP contribution in [0.3, 0.4) is 0 Å². The summed E-state index contributed by atoms with van der Waals surface area (Å²) in [5, 5.41) is 7.13. The highest BCUT2D eigenvalue weighted by atomic mass is 16.2. The number of carbonyl (C=O) groups is 1. The Labute approximate surface area is 117 Å². The number of amides is 1. The lowest BCUT2D eigenvalue weighted by Gasteiger charge is -2.16. The van der Waals surface area contributed by atoms with E-state index in [9.17, 15) is 4.79 Å². The van der Waals surface area contributed by atoms with Crippen molar-refractivity contribution in [2.75, 3.05) is 5.32 Å². The molecule has 0 aliphatic carbocycles. The van der Waals surface area contributed by atoms with Crippen molar-refractivity contribution in [3.63, 3.8) is 0 Å². The van der Waals surface area contributed by atoms with Gasteiger partial charge in [0.15, 0.2) is 0 Å².